The highest BCUT2D eigenvalue weighted by molar-refractivity contribution is 7.58. The number of aromatic nitrogens is 1. The summed E-state index contributed by atoms with van der Waals surface area (Å²) in [6.45, 7) is 1.41. The first-order valence-corrected chi connectivity index (χ1v) is 10.1. The van der Waals surface area contributed by atoms with Gasteiger partial charge in [0.05, 0.1) is 6.61 Å². The summed E-state index contributed by atoms with van der Waals surface area (Å²) >= 11 is 0. The smallest absolute Gasteiger partial charge is 0.387 e. The van der Waals surface area contributed by atoms with Crippen LogP contribution in [0.4, 0.5) is 0 Å². The largest absolute Gasteiger partial charge is 0.482 e. The van der Waals surface area contributed by atoms with E-state index in [9.17, 15) is 19.6 Å². The highest BCUT2D eigenvalue weighted by Gasteiger charge is 2.44. The van der Waals surface area contributed by atoms with Crippen LogP contribution in [0.1, 0.15) is 17.4 Å². The summed E-state index contributed by atoms with van der Waals surface area (Å²) in [6, 6.07) is 2.78. The number of aliphatic hydroxyl groups excluding tert-OH is 2. The summed E-state index contributed by atoms with van der Waals surface area (Å²) in [6.07, 6.45) is -4.30. The van der Waals surface area contributed by atoms with Crippen molar-refractivity contribution in [2.24, 2.45) is 0 Å². The minimum Gasteiger partial charge on any atom is -0.387 e. The fourth-order valence-electron chi connectivity index (χ4n) is 2.30. The maximum atomic E-state index is 11.3. The number of pyridine rings is 1. The van der Waals surface area contributed by atoms with E-state index in [1.807, 2.05) is 0 Å². The second-order valence-electron chi connectivity index (χ2n) is 5.12. The average molecular weight is 417 g/mol. The summed E-state index contributed by atoms with van der Waals surface area (Å²) < 4.78 is 30.3. The summed E-state index contributed by atoms with van der Waals surface area (Å²) in [7, 11) is -6.51. The average Bonchev–Trinajstić information content (AvgIpc) is 2.80. The lowest BCUT2D eigenvalue weighted by atomic mass is 10.0. The minimum absolute atomic E-state index is 0.225. The molecule has 0 saturated carbocycles. The Balaban J connectivity index is 1.91. The van der Waals surface area contributed by atoms with Gasteiger partial charge in [0.1, 0.15) is 24.4 Å². The predicted molar refractivity (Wildman–Crippen MR) is 88.2 cm³/mol. The maximum absolute atomic E-state index is 11.3. The molecule has 0 amide bonds. The van der Waals surface area contributed by atoms with Gasteiger partial charge in [-0.1, -0.05) is 0 Å². The quantitative estimate of drug-likeness (QED) is 0.287. The number of aromatic amines is 1. The number of H-pyrrole nitrogens is 1. The Morgan fingerprint density at radius 3 is 2.68 bits per heavy atom. The van der Waals surface area contributed by atoms with E-state index in [1.54, 1.807) is 6.92 Å². The van der Waals surface area contributed by atoms with E-state index in [1.165, 1.54) is 12.1 Å². The van der Waals surface area contributed by atoms with E-state index in [-0.39, 0.29) is 12.2 Å². The number of ether oxygens (including phenoxy) is 1. The van der Waals surface area contributed by atoms with Gasteiger partial charge in [-0.15, -0.1) is 0 Å². The lowest BCUT2D eigenvalue weighted by Crippen LogP contribution is -2.32. The molecule has 1 aromatic rings. The Kier molecular flexibility index (Phi) is 7.64. The zero-order valence-corrected chi connectivity index (χ0v) is 15.8. The molecule has 14 heteroatoms. The van der Waals surface area contributed by atoms with Crippen molar-refractivity contribution in [3.05, 3.63) is 33.7 Å². The zero-order chi connectivity index (χ0) is 18.6. The normalized spacial score (nSPS) is 29.8. The molecule has 1 aliphatic rings. The van der Waals surface area contributed by atoms with Crippen LogP contribution in [0.15, 0.2) is 16.9 Å². The first-order valence-electron chi connectivity index (χ1n) is 6.92. The lowest BCUT2D eigenvalue weighted by molar-refractivity contribution is -0.0158. The van der Waals surface area contributed by atoms with Gasteiger partial charge in [-0.25, -0.2) is 13.2 Å². The van der Waals surface area contributed by atoms with E-state index < -0.39 is 50.3 Å². The fourth-order valence-corrected chi connectivity index (χ4v) is 4.02. The molecule has 0 radical (unpaired) electrons. The molecule has 2 heterocycles. The van der Waals surface area contributed by atoms with Crippen molar-refractivity contribution < 1.29 is 42.4 Å². The van der Waals surface area contributed by atoms with Crippen LogP contribution in [0.2, 0.25) is 0 Å². The monoisotopic (exact) mass is 417 g/mol. The Morgan fingerprint density at radius 2 is 2.04 bits per heavy atom. The molecule has 1 aliphatic heterocycles. The number of nitrogens with one attached hydrogen (secondary N) is 1. The molecule has 25 heavy (non-hydrogen) atoms. The predicted octanol–water partition coefficient (Wildman–Crippen LogP) is 0.00452. The molecule has 0 spiro atoms. The maximum Gasteiger partial charge on any atom is 0.482 e. The fraction of sp³-hybridized carbons (Fsp3) is 0.545. The van der Waals surface area contributed by atoms with E-state index >= 15 is 0 Å². The molecule has 2 rings (SSSR count). The molecule has 142 valence electrons. The van der Waals surface area contributed by atoms with E-state index in [0.717, 1.165) is 0 Å². The summed E-state index contributed by atoms with van der Waals surface area (Å²) in [5.41, 5.74) is 0.718. The standard InChI is InChI=1S/C11H18NO10P3/c1-5-6(2-3-8(13)12-5)11-10(15)9(14)7(20-11)4-19-24-22-25(17,18)21-23-16/h2-3,7,9-11,14-16,23-24H,4H2,1H3,(H,12,13)(H,17,18)/t7-,9+,10+,11+/m1/s1. The lowest BCUT2D eigenvalue weighted by Gasteiger charge is -2.16. The summed E-state index contributed by atoms with van der Waals surface area (Å²) in [5, 5.41) is 20.2. The van der Waals surface area contributed by atoms with E-state index in [2.05, 4.69) is 13.6 Å². The van der Waals surface area contributed by atoms with Gasteiger partial charge in [-0.2, -0.15) is 0 Å². The molecular formula is C11H18NO10P3. The number of aliphatic hydroxyl groups is 2. The molecule has 0 aromatic carbocycles. The van der Waals surface area contributed by atoms with Crippen molar-refractivity contribution in [3.63, 3.8) is 0 Å². The van der Waals surface area contributed by atoms with Crippen molar-refractivity contribution >= 4 is 25.9 Å². The van der Waals surface area contributed by atoms with Crippen molar-refractivity contribution in [1.29, 1.82) is 0 Å². The molecule has 7 atom stereocenters. The molecule has 5 N–H and O–H groups in total. The van der Waals surface area contributed by atoms with Crippen molar-refractivity contribution in [2.45, 2.75) is 31.3 Å². The molecule has 1 fully saturated rings. The number of phosphoric acid groups is 1. The number of hydrogen-bond acceptors (Lipinski definition) is 9. The van der Waals surface area contributed by atoms with Crippen LogP contribution in [0, 0.1) is 6.92 Å². The Labute approximate surface area is 145 Å². The van der Waals surface area contributed by atoms with Gasteiger partial charge in [0.2, 0.25) is 5.56 Å². The van der Waals surface area contributed by atoms with Crippen LogP contribution in [0.25, 0.3) is 0 Å². The second-order valence-corrected chi connectivity index (χ2v) is 8.15. The SMILES string of the molecule is Cc1[nH]c(=O)ccc1[C@@H]1O[C@H](COPOP(=O)(O)OPO)[C@H](O)[C@@H]1O. The third kappa shape index (κ3) is 5.60. The molecule has 0 aliphatic carbocycles. The first-order chi connectivity index (χ1) is 11.7. The van der Waals surface area contributed by atoms with Crippen LogP contribution < -0.4 is 5.56 Å². The number of hydrogen-bond donors (Lipinski definition) is 5. The van der Waals surface area contributed by atoms with Crippen LogP contribution in [0.5, 0.6) is 0 Å². The molecule has 3 unspecified atom stereocenters. The van der Waals surface area contributed by atoms with Crippen LogP contribution in [0.3, 0.4) is 0 Å². The van der Waals surface area contributed by atoms with Gasteiger partial charge in [0, 0.05) is 17.3 Å². The van der Waals surface area contributed by atoms with Crippen molar-refractivity contribution in [2.75, 3.05) is 6.61 Å². The van der Waals surface area contributed by atoms with Gasteiger partial charge < -0.3 is 34.2 Å². The van der Waals surface area contributed by atoms with Crippen LogP contribution in [-0.2, 0) is 22.4 Å². The molecular weight excluding hydrogens is 399 g/mol. The van der Waals surface area contributed by atoms with E-state index in [0.29, 0.717) is 11.3 Å². The van der Waals surface area contributed by atoms with Gasteiger partial charge >= 0.3 is 7.82 Å². The van der Waals surface area contributed by atoms with Crippen molar-refractivity contribution in [3.8, 4) is 0 Å². The third-order valence-corrected chi connectivity index (χ3v) is 6.20. The third-order valence-electron chi connectivity index (χ3n) is 3.44. The van der Waals surface area contributed by atoms with Crippen LogP contribution >= 0.6 is 25.9 Å². The second kappa shape index (κ2) is 9.08. The number of aryl methyl sites for hydroxylation is 1. The van der Waals surface area contributed by atoms with Crippen molar-refractivity contribution in [1.82, 2.24) is 4.98 Å². The molecule has 11 nitrogen and oxygen atoms in total. The molecule has 1 aromatic heterocycles. The summed E-state index contributed by atoms with van der Waals surface area (Å²) in [5.74, 6) is 0. The van der Waals surface area contributed by atoms with Gasteiger partial charge in [0.15, 0.2) is 18.1 Å². The van der Waals surface area contributed by atoms with E-state index in [4.69, 9.17) is 19.0 Å². The Hall–Kier alpha value is -0.280. The highest BCUT2D eigenvalue weighted by Crippen LogP contribution is 2.53. The van der Waals surface area contributed by atoms with Gasteiger partial charge in [0.25, 0.3) is 0 Å². The molecule has 0 bridgehead atoms. The first kappa shape index (κ1) is 21.0. The van der Waals surface area contributed by atoms with Gasteiger partial charge in [-0.05, 0) is 13.0 Å². The topological polar surface area (TPSA) is 168 Å². The highest BCUT2D eigenvalue weighted by atomic mass is 31.3. The Morgan fingerprint density at radius 1 is 1.32 bits per heavy atom. The van der Waals surface area contributed by atoms with Gasteiger partial charge in [-0.3, -0.25) is 4.79 Å². The Bertz CT molecular complexity index is 684. The minimum atomic E-state index is -4.39. The molecule has 1 saturated heterocycles. The number of rotatable bonds is 8. The zero-order valence-electron chi connectivity index (χ0n) is 12.9. The summed E-state index contributed by atoms with van der Waals surface area (Å²) in [4.78, 5) is 31.3. The van der Waals surface area contributed by atoms with Crippen LogP contribution in [-0.4, -0.2) is 49.9 Å².